The average Bonchev–Trinajstić information content (AvgIpc) is 2.36. The maximum Gasteiger partial charge on any atom is 0.311 e. The molecule has 0 aromatic heterocycles. The van der Waals surface area contributed by atoms with E-state index < -0.39 is 17.0 Å². The number of aliphatic carboxylic acids is 1. The van der Waals surface area contributed by atoms with Crippen LogP contribution in [-0.4, -0.2) is 28.9 Å². The molecule has 1 rings (SSSR count). The average molecular weight is 266 g/mol. The maximum atomic E-state index is 11.2. The largest absolute Gasteiger partial charge is 0.497 e. The molecule has 0 heterocycles. The Morgan fingerprint density at radius 1 is 1.21 bits per heavy atom. The Bertz CT molecular complexity index is 432. The van der Waals surface area contributed by atoms with Crippen LogP contribution in [-0.2, 0) is 11.2 Å². The van der Waals surface area contributed by atoms with Crippen LogP contribution in [0.1, 0.15) is 32.8 Å². The van der Waals surface area contributed by atoms with Crippen LogP contribution in [0.4, 0.5) is 0 Å². The van der Waals surface area contributed by atoms with Crippen LogP contribution in [0.2, 0.25) is 0 Å². The Hall–Kier alpha value is -1.55. The van der Waals surface area contributed by atoms with E-state index in [9.17, 15) is 9.90 Å². The van der Waals surface area contributed by atoms with Gasteiger partial charge in [-0.2, -0.15) is 0 Å². The second-order valence-corrected chi connectivity index (χ2v) is 5.55. The van der Waals surface area contributed by atoms with Crippen LogP contribution in [0.3, 0.4) is 0 Å². The van der Waals surface area contributed by atoms with Crippen molar-refractivity contribution in [2.75, 3.05) is 7.11 Å². The van der Waals surface area contributed by atoms with Gasteiger partial charge in [0.25, 0.3) is 0 Å². The van der Waals surface area contributed by atoms with Gasteiger partial charge in [0.2, 0.25) is 0 Å². The maximum absolute atomic E-state index is 11.2. The van der Waals surface area contributed by atoms with Crippen molar-refractivity contribution >= 4 is 5.97 Å². The zero-order valence-corrected chi connectivity index (χ0v) is 11.9. The Balaban J connectivity index is 2.71. The Morgan fingerprint density at radius 3 is 2.16 bits per heavy atom. The number of aliphatic hydroxyl groups is 1. The highest BCUT2D eigenvalue weighted by atomic mass is 16.5. The van der Waals surface area contributed by atoms with Gasteiger partial charge in [-0.25, -0.2) is 0 Å². The van der Waals surface area contributed by atoms with Crippen LogP contribution >= 0.6 is 0 Å². The van der Waals surface area contributed by atoms with Crippen molar-refractivity contribution in [1.29, 1.82) is 0 Å². The number of carbonyl (C=O) groups is 1. The molecule has 1 aromatic rings. The zero-order valence-electron chi connectivity index (χ0n) is 11.9. The summed E-state index contributed by atoms with van der Waals surface area (Å²) in [4.78, 5) is 11.2. The second-order valence-electron chi connectivity index (χ2n) is 5.55. The molecule has 0 aliphatic carbocycles. The monoisotopic (exact) mass is 266 g/mol. The van der Waals surface area contributed by atoms with Gasteiger partial charge >= 0.3 is 5.97 Å². The lowest BCUT2D eigenvalue weighted by atomic mass is 9.73. The molecule has 1 unspecified atom stereocenters. The molecule has 4 nitrogen and oxygen atoms in total. The van der Waals surface area contributed by atoms with Gasteiger partial charge in [-0.05, 0) is 51.3 Å². The molecule has 0 fully saturated rings. The number of methoxy groups -OCH3 is 1. The van der Waals surface area contributed by atoms with Crippen LogP contribution in [0.5, 0.6) is 5.75 Å². The third-order valence-electron chi connectivity index (χ3n) is 3.94. The third-order valence-corrected chi connectivity index (χ3v) is 3.94. The first-order valence-electron chi connectivity index (χ1n) is 6.29. The summed E-state index contributed by atoms with van der Waals surface area (Å²) < 4.78 is 5.07. The van der Waals surface area contributed by atoms with Gasteiger partial charge in [-0.3, -0.25) is 4.79 Å². The number of hydrogen-bond acceptors (Lipinski definition) is 3. The third kappa shape index (κ3) is 3.47. The highest BCUT2D eigenvalue weighted by molar-refractivity contribution is 5.75. The molecule has 4 heteroatoms. The van der Waals surface area contributed by atoms with Crippen molar-refractivity contribution in [2.45, 2.75) is 39.2 Å². The molecule has 0 aliphatic heterocycles. The van der Waals surface area contributed by atoms with Crippen molar-refractivity contribution < 1.29 is 19.7 Å². The van der Waals surface area contributed by atoms with Crippen molar-refractivity contribution in [2.24, 2.45) is 5.41 Å². The van der Waals surface area contributed by atoms with Crippen molar-refractivity contribution in [1.82, 2.24) is 0 Å². The molecule has 1 aromatic carbocycles. The summed E-state index contributed by atoms with van der Waals surface area (Å²) in [6.07, 6.45) is 1.01. The van der Waals surface area contributed by atoms with E-state index in [0.29, 0.717) is 12.8 Å². The zero-order chi connectivity index (χ0) is 14.7. The van der Waals surface area contributed by atoms with Crippen LogP contribution in [0.15, 0.2) is 24.3 Å². The van der Waals surface area contributed by atoms with E-state index in [4.69, 9.17) is 9.84 Å². The standard InChI is InChI=1S/C15H22O4/c1-14(2,13(16)17)15(3,18)10-9-11-5-7-12(19-4)8-6-11/h5-8,18H,9-10H2,1-4H3,(H,16,17). The Labute approximate surface area is 114 Å². The molecule has 0 amide bonds. The summed E-state index contributed by atoms with van der Waals surface area (Å²) in [5, 5.41) is 19.5. The lowest BCUT2D eigenvalue weighted by molar-refractivity contribution is -0.163. The highest BCUT2D eigenvalue weighted by Crippen LogP contribution is 2.34. The van der Waals surface area contributed by atoms with E-state index >= 15 is 0 Å². The molecule has 106 valence electrons. The van der Waals surface area contributed by atoms with Gasteiger partial charge in [-0.15, -0.1) is 0 Å². The highest BCUT2D eigenvalue weighted by Gasteiger charge is 2.45. The molecular formula is C15H22O4. The number of aryl methyl sites for hydroxylation is 1. The minimum atomic E-state index is -1.27. The van der Waals surface area contributed by atoms with Gasteiger partial charge < -0.3 is 14.9 Å². The fourth-order valence-electron chi connectivity index (χ4n) is 1.72. The molecule has 0 radical (unpaired) electrons. The van der Waals surface area contributed by atoms with Crippen molar-refractivity contribution in [3.8, 4) is 5.75 Å². The van der Waals surface area contributed by atoms with Crippen LogP contribution < -0.4 is 4.74 Å². The molecule has 0 saturated heterocycles. The predicted molar refractivity (Wildman–Crippen MR) is 73.4 cm³/mol. The molecule has 19 heavy (non-hydrogen) atoms. The number of ether oxygens (including phenoxy) is 1. The Morgan fingerprint density at radius 2 is 1.74 bits per heavy atom. The second kappa shape index (κ2) is 5.61. The van der Waals surface area contributed by atoms with Crippen molar-refractivity contribution in [3.05, 3.63) is 29.8 Å². The molecule has 0 spiro atoms. The molecule has 0 bridgehead atoms. The normalized spacial score (nSPS) is 14.8. The minimum Gasteiger partial charge on any atom is -0.497 e. The first kappa shape index (κ1) is 15.5. The summed E-state index contributed by atoms with van der Waals surface area (Å²) in [7, 11) is 1.61. The quantitative estimate of drug-likeness (QED) is 0.830. The Kier molecular flexibility index (Phi) is 4.58. The molecule has 1 atom stereocenters. The van der Waals surface area contributed by atoms with Gasteiger partial charge in [0.15, 0.2) is 0 Å². The summed E-state index contributed by atoms with van der Waals surface area (Å²) in [6.45, 7) is 4.66. The van der Waals surface area contributed by atoms with Crippen LogP contribution in [0.25, 0.3) is 0 Å². The van der Waals surface area contributed by atoms with E-state index in [1.165, 1.54) is 0 Å². The van der Waals surface area contributed by atoms with Gasteiger partial charge in [0, 0.05) is 0 Å². The van der Waals surface area contributed by atoms with E-state index in [1.54, 1.807) is 27.9 Å². The van der Waals surface area contributed by atoms with E-state index in [-0.39, 0.29) is 0 Å². The summed E-state index contributed by atoms with van der Waals surface area (Å²) >= 11 is 0. The van der Waals surface area contributed by atoms with Crippen molar-refractivity contribution in [3.63, 3.8) is 0 Å². The molecule has 0 aliphatic rings. The predicted octanol–water partition coefficient (Wildman–Crippen LogP) is 2.49. The number of hydrogen-bond donors (Lipinski definition) is 2. The molecular weight excluding hydrogens is 244 g/mol. The topological polar surface area (TPSA) is 66.8 Å². The summed E-state index contributed by atoms with van der Waals surface area (Å²) in [5.74, 6) is -0.214. The lowest BCUT2D eigenvalue weighted by Gasteiger charge is -2.36. The molecule has 0 saturated carbocycles. The van der Waals surface area contributed by atoms with Crippen LogP contribution in [0, 0.1) is 5.41 Å². The number of carboxylic acids is 1. The first-order valence-corrected chi connectivity index (χ1v) is 6.29. The van der Waals surface area contributed by atoms with Gasteiger partial charge in [-0.1, -0.05) is 12.1 Å². The minimum absolute atomic E-state index is 0.388. The lowest BCUT2D eigenvalue weighted by Crippen LogP contribution is -2.47. The fraction of sp³-hybridized carbons (Fsp3) is 0.533. The van der Waals surface area contributed by atoms with E-state index in [0.717, 1.165) is 11.3 Å². The fourth-order valence-corrected chi connectivity index (χ4v) is 1.72. The summed E-state index contributed by atoms with van der Waals surface area (Å²) in [5.41, 5.74) is -1.40. The SMILES string of the molecule is COc1ccc(CCC(C)(O)C(C)(C)C(=O)O)cc1. The van der Waals surface area contributed by atoms with Gasteiger partial charge in [0.05, 0.1) is 18.1 Å². The number of benzene rings is 1. The first-order chi connectivity index (χ1) is 8.70. The van der Waals surface area contributed by atoms with Gasteiger partial charge in [0.1, 0.15) is 5.75 Å². The van der Waals surface area contributed by atoms with E-state index in [2.05, 4.69) is 0 Å². The smallest absolute Gasteiger partial charge is 0.311 e. The summed E-state index contributed by atoms with van der Waals surface area (Å²) in [6, 6.07) is 7.55. The molecule has 2 N–H and O–H groups in total. The van der Waals surface area contributed by atoms with E-state index in [1.807, 2.05) is 24.3 Å². The number of rotatable bonds is 6. The number of carboxylic acid groups (broad SMARTS) is 1.